The van der Waals surface area contributed by atoms with E-state index >= 15 is 0 Å². The Morgan fingerprint density at radius 3 is 2.22 bits per heavy atom. The molecule has 7 heteroatoms. The molecule has 0 amide bonds. The fourth-order valence-corrected chi connectivity index (χ4v) is 3.52. The number of carbonyl (C=O) groups is 1. The lowest BCUT2D eigenvalue weighted by molar-refractivity contribution is -0.114. The normalized spacial score (nSPS) is 14.7. The van der Waals surface area contributed by atoms with Crippen LogP contribution in [0, 0.1) is 0 Å². The molecule has 0 atom stereocenters. The fraction of sp³-hybridized carbons (Fsp3) is 0.0400. The molecule has 2 aromatic heterocycles. The lowest BCUT2D eigenvalue weighted by Crippen LogP contribution is -2.05. The molecule has 2 heterocycles. The summed E-state index contributed by atoms with van der Waals surface area (Å²) in [6.07, 6.45) is 6.35. The molecule has 0 aliphatic heterocycles. The minimum Gasteiger partial charge on any atom is -0.493 e. The lowest BCUT2D eigenvalue weighted by Gasteiger charge is -2.10. The van der Waals surface area contributed by atoms with E-state index in [1.54, 1.807) is 18.2 Å². The van der Waals surface area contributed by atoms with Crippen molar-refractivity contribution in [1.29, 1.82) is 0 Å². The number of rotatable bonds is 4. The first-order chi connectivity index (χ1) is 15.6. The summed E-state index contributed by atoms with van der Waals surface area (Å²) in [6.45, 7) is 0. The first kappa shape index (κ1) is 19.4. The quantitative estimate of drug-likeness (QED) is 0.530. The number of ketones is 1. The zero-order valence-corrected chi connectivity index (χ0v) is 17.1. The molecule has 2 aromatic carbocycles. The van der Waals surface area contributed by atoms with Crippen molar-refractivity contribution in [3.8, 4) is 28.4 Å². The van der Waals surface area contributed by atoms with Crippen molar-refractivity contribution in [3.63, 3.8) is 0 Å². The SMILES string of the molecule is COC1=C/C(=C\c2c(O)nc3nc(-c4ccccc4)c(-c4ccccc4)nn23)C=CC1=O. The molecule has 32 heavy (non-hydrogen) atoms. The topological polar surface area (TPSA) is 89.6 Å². The van der Waals surface area contributed by atoms with Crippen molar-refractivity contribution in [2.45, 2.75) is 0 Å². The number of benzene rings is 2. The van der Waals surface area contributed by atoms with Crippen LogP contribution in [0.25, 0.3) is 34.4 Å². The third-order valence-electron chi connectivity index (χ3n) is 5.07. The van der Waals surface area contributed by atoms with Gasteiger partial charge in [0.25, 0.3) is 5.78 Å². The van der Waals surface area contributed by atoms with Crippen LogP contribution in [-0.2, 0) is 9.53 Å². The van der Waals surface area contributed by atoms with Crippen molar-refractivity contribution in [2.75, 3.05) is 7.11 Å². The molecular weight excluding hydrogens is 404 g/mol. The van der Waals surface area contributed by atoms with E-state index < -0.39 is 0 Å². The fourth-order valence-electron chi connectivity index (χ4n) is 3.52. The zero-order chi connectivity index (χ0) is 22.1. The van der Waals surface area contributed by atoms with E-state index in [4.69, 9.17) is 14.8 Å². The van der Waals surface area contributed by atoms with Crippen LogP contribution >= 0.6 is 0 Å². The van der Waals surface area contributed by atoms with Gasteiger partial charge in [0.15, 0.2) is 5.76 Å². The average molecular weight is 422 g/mol. The van der Waals surface area contributed by atoms with Crippen molar-refractivity contribution in [3.05, 3.63) is 95.9 Å². The largest absolute Gasteiger partial charge is 0.493 e. The van der Waals surface area contributed by atoms with Gasteiger partial charge in [-0.1, -0.05) is 66.7 Å². The van der Waals surface area contributed by atoms with E-state index in [0.717, 1.165) is 11.1 Å². The van der Waals surface area contributed by atoms with E-state index in [9.17, 15) is 9.90 Å². The minimum absolute atomic E-state index is 0.209. The molecule has 0 saturated carbocycles. The summed E-state index contributed by atoms with van der Waals surface area (Å²) in [5.74, 6) is 0.0549. The molecule has 5 rings (SSSR count). The molecule has 156 valence electrons. The Labute approximate surface area is 183 Å². The third-order valence-corrected chi connectivity index (χ3v) is 5.07. The van der Waals surface area contributed by atoms with Crippen LogP contribution in [-0.4, -0.2) is 37.6 Å². The molecule has 0 spiro atoms. The Balaban J connectivity index is 1.73. The highest BCUT2D eigenvalue weighted by molar-refractivity contribution is 6.05. The van der Waals surface area contributed by atoms with Crippen molar-refractivity contribution in [1.82, 2.24) is 19.6 Å². The van der Waals surface area contributed by atoms with Gasteiger partial charge in [0.1, 0.15) is 17.1 Å². The smallest absolute Gasteiger partial charge is 0.255 e. The van der Waals surface area contributed by atoms with Gasteiger partial charge in [-0.2, -0.15) is 14.6 Å². The Kier molecular flexibility index (Phi) is 4.84. The maximum Gasteiger partial charge on any atom is 0.255 e. The zero-order valence-electron chi connectivity index (χ0n) is 17.1. The molecule has 0 unspecified atom stereocenters. The van der Waals surface area contributed by atoms with E-state index in [-0.39, 0.29) is 23.2 Å². The second-order valence-electron chi connectivity index (χ2n) is 7.13. The van der Waals surface area contributed by atoms with E-state index in [2.05, 4.69) is 4.98 Å². The molecule has 0 bridgehead atoms. The van der Waals surface area contributed by atoms with Crippen molar-refractivity contribution in [2.24, 2.45) is 0 Å². The van der Waals surface area contributed by atoms with Crippen LogP contribution in [0.1, 0.15) is 5.69 Å². The lowest BCUT2D eigenvalue weighted by atomic mass is 10.0. The number of allylic oxidation sites excluding steroid dienone is 4. The highest BCUT2D eigenvalue weighted by Crippen LogP contribution is 2.31. The van der Waals surface area contributed by atoms with Gasteiger partial charge in [-0.05, 0) is 23.8 Å². The molecular formula is C25H18N4O3. The Morgan fingerprint density at radius 2 is 1.56 bits per heavy atom. The van der Waals surface area contributed by atoms with Crippen LogP contribution in [0.2, 0.25) is 0 Å². The Bertz CT molecular complexity index is 1420. The number of nitrogens with zero attached hydrogens (tertiary/aromatic N) is 4. The van der Waals surface area contributed by atoms with Gasteiger partial charge in [0.2, 0.25) is 11.7 Å². The summed E-state index contributed by atoms with van der Waals surface area (Å²) in [6, 6.07) is 19.5. The molecule has 7 nitrogen and oxygen atoms in total. The number of ether oxygens (including phenoxy) is 1. The first-order valence-corrected chi connectivity index (χ1v) is 9.94. The highest BCUT2D eigenvalue weighted by atomic mass is 16.5. The van der Waals surface area contributed by atoms with Gasteiger partial charge in [0.05, 0.1) is 7.11 Å². The molecule has 1 N–H and O–H groups in total. The second-order valence-corrected chi connectivity index (χ2v) is 7.13. The Morgan fingerprint density at radius 1 is 0.906 bits per heavy atom. The number of aromatic hydroxyl groups is 1. The summed E-state index contributed by atoms with van der Waals surface area (Å²) in [5, 5.41) is 15.4. The standard InChI is InChI=1S/C25H18N4O3/c1-32-21-15-16(12-13-20(21)30)14-19-24(31)27-25-26-22(17-8-4-2-5-9-17)23(28-29(19)25)18-10-6-3-7-11-18/h2-15,31H,1H3/b16-14-. The first-order valence-electron chi connectivity index (χ1n) is 9.94. The Hall–Kier alpha value is -4.52. The molecule has 1 aliphatic carbocycles. The summed E-state index contributed by atoms with van der Waals surface area (Å²) >= 11 is 0. The van der Waals surface area contributed by atoms with Crippen molar-refractivity contribution >= 4 is 17.6 Å². The highest BCUT2D eigenvalue weighted by Gasteiger charge is 2.19. The van der Waals surface area contributed by atoms with Crippen LogP contribution in [0.4, 0.5) is 0 Å². The van der Waals surface area contributed by atoms with E-state index in [1.165, 1.54) is 17.7 Å². The van der Waals surface area contributed by atoms with Gasteiger partial charge in [-0.25, -0.2) is 4.98 Å². The minimum atomic E-state index is -0.217. The average Bonchev–Trinajstić information content (AvgIpc) is 3.14. The number of aromatic nitrogens is 4. The van der Waals surface area contributed by atoms with Crippen LogP contribution in [0.3, 0.4) is 0 Å². The number of hydrogen-bond acceptors (Lipinski definition) is 6. The molecule has 0 fully saturated rings. The maximum absolute atomic E-state index is 11.8. The number of fused-ring (bicyclic) bond motifs is 1. The molecule has 0 radical (unpaired) electrons. The number of hydrogen-bond donors (Lipinski definition) is 1. The number of imidazole rings is 1. The van der Waals surface area contributed by atoms with Crippen LogP contribution in [0.5, 0.6) is 5.88 Å². The summed E-state index contributed by atoms with van der Waals surface area (Å²) < 4.78 is 6.62. The van der Waals surface area contributed by atoms with E-state index in [0.29, 0.717) is 22.7 Å². The van der Waals surface area contributed by atoms with E-state index in [1.807, 2.05) is 60.7 Å². The van der Waals surface area contributed by atoms with Gasteiger partial charge >= 0.3 is 0 Å². The van der Waals surface area contributed by atoms with Crippen molar-refractivity contribution < 1.29 is 14.6 Å². The third kappa shape index (κ3) is 3.45. The summed E-state index contributed by atoms with van der Waals surface area (Å²) in [5.41, 5.74) is 4.11. The predicted octanol–water partition coefficient (Wildman–Crippen LogP) is 4.22. The van der Waals surface area contributed by atoms with Gasteiger partial charge in [-0.3, -0.25) is 4.79 Å². The number of carbonyl (C=O) groups excluding carboxylic acids is 1. The molecule has 1 aliphatic rings. The summed E-state index contributed by atoms with van der Waals surface area (Å²) in [4.78, 5) is 20.8. The van der Waals surface area contributed by atoms with Gasteiger partial charge in [0, 0.05) is 11.1 Å². The van der Waals surface area contributed by atoms with Crippen LogP contribution < -0.4 is 0 Å². The second kappa shape index (κ2) is 7.96. The molecule has 4 aromatic rings. The summed E-state index contributed by atoms with van der Waals surface area (Å²) in [7, 11) is 1.44. The monoisotopic (exact) mass is 422 g/mol. The molecule has 0 saturated heterocycles. The van der Waals surface area contributed by atoms with Gasteiger partial charge in [-0.15, -0.1) is 0 Å². The predicted molar refractivity (Wildman–Crippen MR) is 121 cm³/mol. The van der Waals surface area contributed by atoms with Gasteiger partial charge < -0.3 is 9.84 Å². The maximum atomic E-state index is 11.8. The number of methoxy groups -OCH3 is 1. The van der Waals surface area contributed by atoms with Crippen LogP contribution in [0.15, 0.2) is 90.2 Å².